The van der Waals surface area contributed by atoms with Crippen LogP contribution in [0.5, 0.6) is 0 Å². The van der Waals surface area contributed by atoms with E-state index in [1.807, 2.05) is 18.2 Å². The highest BCUT2D eigenvalue weighted by Gasteiger charge is 2.17. The SMILES string of the molecule is CN=C(NCc1nnc2n1CCC2)NC(C)c1ccccc1.I. The summed E-state index contributed by atoms with van der Waals surface area (Å²) in [5.41, 5.74) is 1.23. The highest BCUT2D eigenvalue weighted by Crippen LogP contribution is 2.14. The summed E-state index contributed by atoms with van der Waals surface area (Å²) in [6.45, 7) is 3.77. The Hall–Kier alpha value is -1.64. The number of hydrogen-bond acceptors (Lipinski definition) is 3. The Balaban J connectivity index is 0.00000192. The van der Waals surface area contributed by atoms with Crippen LogP contribution in [0.15, 0.2) is 35.3 Å². The zero-order valence-electron chi connectivity index (χ0n) is 13.5. The highest BCUT2D eigenvalue weighted by molar-refractivity contribution is 14.0. The second-order valence-corrected chi connectivity index (χ2v) is 5.49. The Labute approximate surface area is 153 Å². The Morgan fingerprint density at radius 2 is 2.09 bits per heavy atom. The van der Waals surface area contributed by atoms with E-state index in [0.29, 0.717) is 6.54 Å². The summed E-state index contributed by atoms with van der Waals surface area (Å²) in [5.74, 6) is 2.84. The molecule has 1 unspecified atom stereocenters. The lowest BCUT2D eigenvalue weighted by atomic mass is 10.1. The minimum atomic E-state index is 0. The Bertz CT molecular complexity index is 652. The van der Waals surface area contributed by atoms with Crippen molar-refractivity contribution in [1.29, 1.82) is 0 Å². The first-order valence-electron chi connectivity index (χ1n) is 7.71. The maximum absolute atomic E-state index is 4.28. The molecule has 0 spiro atoms. The lowest BCUT2D eigenvalue weighted by molar-refractivity contribution is 0.646. The summed E-state index contributed by atoms with van der Waals surface area (Å²) in [6.07, 6.45) is 2.20. The van der Waals surface area contributed by atoms with E-state index in [4.69, 9.17) is 0 Å². The van der Waals surface area contributed by atoms with Gasteiger partial charge in [0.1, 0.15) is 5.82 Å². The second-order valence-electron chi connectivity index (χ2n) is 5.49. The number of nitrogens with zero attached hydrogens (tertiary/aromatic N) is 4. The number of hydrogen-bond donors (Lipinski definition) is 2. The van der Waals surface area contributed by atoms with Crippen LogP contribution in [-0.4, -0.2) is 27.8 Å². The lowest BCUT2D eigenvalue weighted by Gasteiger charge is -2.18. The molecule has 2 N–H and O–H groups in total. The fraction of sp³-hybridized carbons (Fsp3) is 0.438. The zero-order chi connectivity index (χ0) is 15.4. The third kappa shape index (κ3) is 4.21. The zero-order valence-corrected chi connectivity index (χ0v) is 15.8. The largest absolute Gasteiger partial charge is 0.350 e. The quantitative estimate of drug-likeness (QED) is 0.447. The predicted octanol–water partition coefficient (Wildman–Crippen LogP) is 2.27. The average Bonchev–Trinajstić information content (AvgIpc) is 3.16. The van der Waals surface area contributed by atoms with Gasteiger partial charge in [-0.05, 0) is 18.9 Å². The molecule has 0 fully saturated rings. The van der Waals surface area contributed by atoms with Crippen LogP contribution in [0.3, 0.4) is 0 Å². The number of aryl methyl sites for hydroxylation is 1. The number of aliphatic imine (C=N–C) groups is 1. The normalized spacial score (nSPS) is 14.8. The van der Waals surface area contributed by atoms with Crippen molar-refractivity contribution in [2.75, 3.05) is 7.05 Å². The van der Waals surface area contributed by atoms with E-state index in [2.05, 4.69) is 49.4 Å². The molecule has 0 bridgehead atoms. The first kappa shape index (κ1) is 17.7. The van der Waals surface area contributed by atoms with Gasteiger partial charge in [0, 0.05) is 20.0 Å². The van der Waals surface area contributed by atoms with Gasteiger partial charge in [-0.25, -0.2) is 0 Å². The van der Waals surface area contributed by atoms with Gasteiger partial charge in [0.15, 0.2) is 11.8 Å². The molecular formula is C16H23IN6. The minimum absolute atomic E-state index is 0. The van der Waals surface area contributed by atoms with Crippen LogP contribution < -0.4 is 10.6 Å². The van der Waals surface area contributed by atoms with Crippen molar-refractivity contribution in [2.45, 2.75) is 38.9 Å². The number of fused-ring (bicyclic) bond motifs is 1. The molecule has 1 aliphatic rings. The molecule has 1 aromatic heterocycles. The highest BCUT2D eigenvalue weighted by atomic mass is 127. The van der Waals surface area contributed by atoms with Crippen molar-refractivity contribution in [3.05, 3.63) is 47.5 Å². The van der Waals surface area contributed by atoms with Crippen LogP contribution in [0.25, 0.3) is 0 Å². The van der Waals surface area contributed by atoms with E-state index in [-0.39, 0.29) is 30.0 Å². The summed E-state index contributed by atoms with van der Waals surface area (Å²) < 4.78 is 2.20. The van der Waals surface area contributed by atoms with Crippen molar-refractivity contribution in [3.8, 4) is 0 Å². The standard InChI is InChI=1S/C16H22N6.HI/c1-12(13-7-4-3-5-8-13)19-16(17-2)18-11-15-21-20-14-9-6-10-22(14)15;/h3-5,7-8,12H,6,9-11H2,1-2H3,(H2,17,18,19);1H. The topological polar surface area (TPSA) is 67.1 Å². The lowest BCUT2D eigenvalue weighted by Crippen LogP contribution is -2.38. The number of benzene rings is 1. The molecule has 2 heterocycles. The van der Waals surface area contributed by atoms with Crippen LogP contribution in [0.2, 0.25) is 0 Å². The number of guanidine groups is 1. The monoisotopic (exact) mass is 426 g/mol. The first-order valence-corrected chi connectivity index (χ1v) is 7.71. The van der Waals surface area contributed by atoms with Gasteiger partial charge in [0.05, 0.1) is 12.6 Å². The van der Waals surface area contributed by atoms with E-state index in [1.165, 1.54) is 5.56 Å². The third-order valence-electron chi connectivity index (χ3n) is 3.98. The maximum atomic E-state index is 4.28. The Morgan fingerprint density at radius 1 is 1.30 bits per heavy atom. The molecule has 0 radical (unpaired) electrons. The van der Waals surface area contributed by atoms with Crippen LogP contribution in [-0.2, 0) is 19.5 Å². The molecule has 1 aromatic carbocycles. The predicted molar refractivity (Wildman–Crippen MR) is 102 cm³/mol. The number of nitrogens with one attached hydrogen (secondary N) is 2. The van der Waals surface area contributed by atoms with E-state index in [1.54, 1.807) is 7.05 Å². The van der Waals surface area contributed by atoms with Crippen LogP contribution in [0, 0.1) is 0 Å². The van der Waals surface area contributed by atoms with Gasteiger partial charge in [-0.2, -0.15) is 0 Å². The molecular weight excluding hydrogens is 403 g/mol. The van der Waals surface area contributed by atoms with Crippen molar-refractivity contribution in [1.82, 2.24) is 25.4 Å². The second kappa shape index (κ2) is 8.28. The third-order valence-corrected chi connectivity index (χ3v) is 3.98. The fourth-order valence-corrected chi connectivity index (χ4v) is 2.73. The van der Waals surface area contributed by atoms with E-state index in [9.17, 15) is 0 Å². The summed E-state index contributed by atoms with van der Waals surface area (Å²) in [7, 11) is 1.78. The van der Waals surface area contributed by atoms with Crippen LogP contribution in [0.1, 0.15) is 36.6 Å². The summed E-state index contributed by atoms with van der Waals surface area (Å²) in [5, 5.41) is 15.2. The maximum Gasteiger partial charge on any atom is 0.191 e. The van der Waals surface area contributed by atoms with E-state index < -0.39 is 0 Å². The van der Waals surface area contributed by atoms with Gasteiger partial charge in [-0.15, -0.1) is 34.2 Å². The van der Waals surface area contributed by atoms with Gasteiger partial charge in [-0.3, -0.25) is 4.99 Å². The van der Waals surface area contributed by atoms with Crippen molar-refractivity contribution >= 4 is 29.9 Å². The Morgan fingerprint density at radius 3 is 2.83 bits per heavy atom. The van der Waals surface area contributed by atoms with E-state index >= 15 is 0 Å². The molecule has 0 saturated carbocycles. The molecule has 0 aliphatic carbocycles. The molecule has 1 aliphatic heterocycles. The molecule has 6 nitrogen and oxygen atoms in total. The first-order chi connectivity index (χ1) is 10.8. The van der Waals surface area contributed by atoms with Gasteiger partial charge in [0.2, 0.25) is 0 Å². The van der Waals surface area contributed by atoms with Crippen LogP contribution >= 0.6 is 24.0 Å². The molecule has 23 heavy (non-hydrogen) atoms. The smallest absolute Gasteiger partial charge is 0.191 e. The molecule has 3 rings (SSSR count). The van der Waals surface area contributed by atoms with Gasteiger partial charge >= 0.3 is 0 Å². The summed E-state index contributed by atoms with van der Waals surface area (Å²) in [6, 6.07) is 10.5. The fourth-order valence-electron chi connectivity index (χ4n) is 2.73. The molecule has 0 saturated heterocycles. The average molecular weight is 426 g/mol. The number of halogens is 1. The van der Waals surface area contributed by atoms with Crippen molar-refractivity contribution in [2.24, 2.45) is 4.99 Å². The van der Waals surface area contributed by atoms with Gasteiger partial charge in [0.25, 0.3) is 0 Å². The van der Waals surface area contributed by atoms with Gasteiger partial charge < -0.3 is 15.2 Å². The molecule has 124 valence electrons. The Kier molecular flexibility index (Phi) is 6.37. The van der Waals surface area contributed by atoms with Crippen molar-refractivity contribution < 1.29 is 0 Å². The molecule has 7 heteroatoms. The van der Waals surface area contributed by atoms with Gasteiger partial charge in [-0.1, -0.05) is 30.3 Å². The van der Waals surface area contributed by atoms with Crippen molar-refractivity contribution in [3.63, 3.8) is 0 Å². The molecule has 0 amide bonds. The minimum Gasteiger partial charge on any atom is -0.350 e. The molecule has 2 aromatic rings. The number of rotatable bonds is 4. The number of aromatic nitrogens is 3. The molecule has 1 atom stereocenters. The van der Waals surface area contributed by atoms with E-state index in [0.717, 1.165) is 37.0 Å². The summed E-state index contributed by atoms with van der Waals surface area (Å²) in [4.78, 5) is 4.28. The van der Waals surface area contributed by atoms with Crippen LogP contribution in [0.4, 0.5) is 0 Å². The summed E-state index contributed by atoms with van der Waals surface area (Å²) >= 11 is 0.